The Bertz CT molecular complexity index is 1220. The van der Waals surface area contributed by atoms with E-state index >= 15 is 0 Å². The number of benzene rings is 2. The molecule has 1 aromatic heterocycles. The molecule has 0 unspecified atom stereocenters. The summed E-state index contributed by atoms with van der Waals surface area (Å²) in [6.07, 6.45) is -2.78. The summed E-state index contributed by atoms with van der Waals surface area (Å²) < 4.78 is 37.2. The fourth-order valence-corrected chi connectivity index (χ4v) is 3.20. The predicted molar refractivity (Wildman–Crippen MR) is 124 cm³/mol. The van der Waals surface area contributed by atoms with Crippen molar-refractivity contribution in [1.82, 2.24) is 10.2 Å². The fraction of sp³-hybridized carbons (Fsp3) is 0.261. The molecular weight excluding hydrogens is 448 g/mol. The highest BCUT2D eigenvalue weighted by Gasteiger charge is 2.18. The summed E-state index contributed by atoms with van der Waals surface area (Å²) in [4.78, 5) is 30.0. The first-order chi connectivity index (χ1) is 16.1. The van der Waals surface area contributed by atoms with Crippen LogP contribution < -0.4 is 21.5 Å². The van der Waals surface area contributed by atoms with Crippen molar-refractivity contribution >= 4 is 28.7 Å². The van der Waals surface area contributed by atoms with Gasteiger partial charge in [0.05, 0.1) is 0 Å². The Labute approximate surface area is 194 Å². The van der Waals surface area contributed by atoms with E-state index < -0.39 is 24.1 Å². The average Bonchev–Trinajstić information content (AvgIpc) is 3.21. The van der Waals surface area contributed by atoms with Gasteiger partial charge in [-0.1, -0.05) is 12.1 Å². The van der Waals surface area contributed by atoms with Gasteiger partial charge in [0.15, 0.2) is 18.3 Å². The van der Waals surface area contributed by atoms with Crippen molar-refractivity contribution in [1.29, 1.82) is 0 Å². The largest absolute Gasteiger partial charge is 0.484 e. The van der Waals surface area contributed by atoms with Crippen LogP contribution in [0.1, 0.15) is 22.5 Å². The van der Waals surface area contributed by atoms with E-state index in [1.54, 1.807) is 24.3 Å². The second kappa shape index (κ2) is 10.8. The van der Waals surface area contributed by atoms with Gasteiger partial charge in [-0.05, 0) is 55.6 Å². The molecule has 2 amide bonds. The number of fused-ring (bicyclic) bond motifs is 1. The van der Waals surface area contributed by atoms with E-state index in [0.717, 1.165) is 0 Å². The number of hydrogen-bond donors (Lipinski definition) is 3. The number of nitrogens with zero attached hydrogens (tertiary/aromatic N) is 2. The predicted octanol–water partition coefficient (Wildman–Crippen LogP) is 2.51. The molecule has 0 aliphatic carbocycles. The fourth-order valence-electron chi connectivity index (χ4n) is 3.20. The number of likely N-dealkylation sites (N-methyl/N-ethyl adjacent to an activating group) is 1. The monoisotopic (exact) mass is 473 g/mol. The summed E-state index contributed by atoms with van der Waals surface area (Å²) in [7, 11) is 3.77. The number of guanidine groups is 1. The number of alkyl halides is 2. The summed E-state index contributed by atoms with van der Waals surface area (Å²) in [6, 6.07) is 10.6. The lowest BCUT2D eigenvalue weighted by atomic mass is 9.99. The van der Waals surface area contributed by atoms with Crippen LogP contribution in [0.2, 0.25) is 0 Å². The molecule has 0 atom stereocenters. The third-order valence-corrected chi connectivity index (χ3v) is 4.74. The molecule has 0 bridgehead atoms. The minimum absolute atomic E-state index is 0.0866. The lowest BCUT2D eigenvalue weighted by molar-refractivity contribution is -0.123. The maximum atomic E-state index is 13.2. The Morgan fingerprint density at radius 1 is 1.18 bits per heavy atom. The summed E-state index contributed by atoms with van der Waals surface area (Å²) >= 11 is 0. The standard InChI is InChI=1S/C23H25F2N5O4/c1-30(2)7-6-28-20(31)12-33-15-9-13(8-14(10-15)22(32)29-23(26)27)16-4-3-5-18-17(16)11-19(34-18)21(24)25/h3-5,8-11,21H,6-7,12H2,1-2H3,(H,28,31)(H4,26,27,29,32). The van der Waals surface area contributed by atoms with Gasteiger partial charge < -0.3 is 30.8 Å². The number of halogens is 2. The summed E-state index contributed by atoms with van der Waals surface area (Å²) in [5, 5.41) is 3.15. The molecule has 0 radical (unpaired) electrons. The van der Waals surface area contributed by atoms with Crippen LogP contribution in [0, 0.1) is 0 Å². The lowest BCUT2D eigenvalue weighted by Gasteiger charge is -2.12. The third-order valence-electron chi connectivity index (χ3n) is 4.74. The molecule has 0 fully saturated rings. The van der Waals surface area contributed by atoms with Crippen LogP contribution in [0.15, 0.2) is 51.9 Å². The topological polar surface area (TPSA) is 136 Å². The van der Waals surface area contributed by atoms with Gasteiger partial charge in [-0.2, -0.15) is 4.99 Å². The van der Waals surface area contributed by atoms with Crippen molar-refractivity contribution in [3.8, 4) is 16.9 Å². The molecule has 5 N–H and O–H groups in total. The van der Waals surface area contributed by atoms with Crippen molar-refractivity contribution in [2.45, 2.75) is 6.43 Å². The van der Waals surface area contributed by atoms with Gasteiger partial charge in [0.25, 0.3) is 18.2 Å². The number of rotatable bonds is 9. The number of carbonyl (C=O) groups excluding carboxylic acids is 2. The van der Waals surface area contributed by atoms with Gasteiger partial charge in [-0.25, -0.2) is 8.78 Å². The zero-order valence-electron chi connectivity index (χ0n) is 18.7. The highest BCUT2D eigenvalue weighted by atomic mass is 19.3. The smallest absolute Gasteiger partial charge is 0.295 e. The van der Waals surface area contributed by atoms with Crippen LogP contribution in [0.5, 0.6) is 5.75 Å². The first-order valence-corrected chi connectivity index (χ1v) is 10.3. The zero-order valence-corrected chi connectivity index (χ0v) is 18.7. The van der Waals surface area contributed by atoms with Crippen molar-refractivity contribution in [2.75, 3.05) is 33.8 Å². The SMILES string of the molecule is CN(C)CCNC(=O)COc1cc(C(=O)N=C(N)N)cc(-c2cccc3oc(C(F)F)cc23)c1. The number of carbonyl (C=O) groups is 2. The van der Waals surface area contributed by atoms with Gasteiger partial charge in [0.1, 0.15) is 11.3 Å². The van der Waals surface area contributed by atoms with E-state index in [1.165, 1.54) is 18.2 Å². The maximum Gasteiger partial charge on any atom is 0.295 e. The molecule has 34 heavy (non-hydrogen) atoms. The van der Waals surface area contributed by atoms with Crippen LogP contribution in [-0.2, 0) is 4.79 Å². The Hall–Kier alpha value is -3.99. The van der Waals surface area contributed by atoms with E-state index in [1.807, 2.05) is 19.0 Å². The third kappa shape index (κ3) is 6.29. The van der Waals surface area contributed by atoms with E-state index in [-0.39, 0.29) is 29.4 Å². The number of ether oxygens (including phenoxy) is 1. The van der Waals surface area contributed by atoms with Gasteiger partial charge in [0, 0.05) is 24.0 Å². The minimum Gasteiger partial charge on any atom is -0.484 e. The normalized spacial score (nSPS) is 11.1. The molecule has 180 valence electrons. The number of amides is 2. The molecular formula is C23H25F2N5O4. The molecule has 11 heteroatoms. The number of hydrogen-bond acceptors (Lipinski definition) is 5. The molecule has 9 nitrogen and oxygen atoms in total. The van der Waals surface area contributed by atoms with Gasteiger partial charge >= 0.3 is 0 Å². The van der Waals surface area contributed by atoms with E-state index in [4.69, 9.17) is 20.6 Å². The zero-order chi connectivity index (χ0) is 24.8. The Morgan fingerprint density at radius 2 is 1.94 bits per heavy atom. The molecule has 3 rings (SSSR count). The van der Waals surface area contributed by atoms with Gasteiger partial charge in [0.2, 0.25) is 0 Å². The van der Waals surface area contributed by atoms with Crippen LogP contribution in [-0.4, -0.2) is 56.5 Å². The minimum atomic E-state index is -2.78. The molecule has 2 aromatic carbocycles. The molecule has 0 spiro atoms. The van der Waals surface area contributed by atoms with Crippen LogP contribution in [0.25, 0.3) is 22.1 Å². The highest BCUT2D eigenvalue weighted by Crippen LogP contribution is 2.36. The van der Waals surface area contributed by atoms with E-state index in [0.29, 0.717) is 29.6 Å². The Balaban J connectivity index is 1.96. The number of furan rings is 1. The summed E-state index contributed by atoms with van der Waals surface area (Å²) in [5.74, 6) is -1.76. The van der Waals surface area contributed by atoms with Crippen LogP contribution >= 0.6 is 0 Å². The van der Waals surface area contributed by atoms with Crippen LogP contribution in [0.4, 0.5) is 8.78 Å². The van der Waals surface area contributed by atoms with Crippen molar-refractivity contribution in [3.63, 3.8) is 0 Å². The number of aliphatic imine (C=N–C) groups is 1. The van der Waals surface area contributed by atoms with Gasteiger partial charge in [-0.15, -0.1) is 0 Å². The van der Waals surface area contributed by atoms with Crippen molar-refractivity contribution < 1.29 is 27.5 Å². The Kier molecular flexibility index (Phi) is 7.79. The number of nitrogens with one attached hydrogen (secondary N) is 1. The molecule has 3 aromatic rings. The second-order valence-corrected chi connectivity index (χ2v) is 7.70. The summed E-state index contributed by atoms with van der Waals surface area (Å²) in [6.45, 7) is 0.810. The molecule has 0 saturated carbocycles. The van der Waals surface area contributed by atoms with Gasteiger partial charge in [-0.3, -0.25) is 9.59 Å². The lowest BCUT2D eigenvalue weighted by Crippen LogP contribution is -2.34. The molecule has 0 aliphatic heterocycles. The summed E-state index contributed by atoms with van der Waals surface area (Å²) in [5.41, 5.74) is 12.0. The second-order valence-electron chi connectivity index (χ2n) is 7.70. The first-order valence-electron chi connectivity index (χ1n) is 10.3. The molecule has 0 saturated heterocycles. The molecule has 0 aliphatic rings. The van der Waals surface area contributed by atoms with Crippen molar-refractivity contribution in [2.24, 2.45) is 16.5 Å². The molecule has 1 heterocycles. The van der Waals surface area contributed by atoms with E-state index in [2.05, 4.69) is 10.3 Å². The first kappa shape index (κ1) is 24.6. The number of nitrogens with two attached hydrogens (primary N) is 2. The quantitative estimate of drug-likeness (QED) is 0.321. The van der Waals surface area contributed by atoms with Crippen molar-refractivity contribution in [3.05, 3.63) is 53.8 Å². The Morgan fingerprint density at radius 3 is 2.62 bits per heavy atom. The van der Waals surface area contributed by atoms with Crippen LogP contribution in [0.3, 0.4) is 0 Å². The maximum absolute atomic E-state index is 13.2. The average molecular weight is 473 g/mol. The van der Waals surface area contributed by atoms with E-state index in [9.17, 15) is 18.4 Å². The highest BCUT2D eigenvalue weighted by molar-refractivity contribution is 6.04.